The smallest absolute Gasteiger partial charge is 0.243 e. The van der Waals surface area contributed by atoms with Crippen molar-refractivity contribution in [1.82, 2.24) is 14.2 Å². The molecule has 3 heterocycles. The summed E-state index contributed by atoms with van der Waals surface area (Å²) < 4.78 is 39.4. The minimum Gasteiger partial charge on any atom is -0.497 e. The van der Waals surface area contributed by atoms with E-state index in [4.69, 9.17) is 26.1 Å². The molecule has 2 aliphatic heterocycles. The van der Waals surface area contributed by atoms with Crippen LogP contribution in [0.4, 0.5) is 5.13 Å². The SMILES string of the molecule is COc1ccc(S(=O)(=O)N2CCCC2C(=O)N2CCN(c3nc4c(OC)ccc(Cl)c4s3)CC2)cc1. The Kier molecular flexibility index (Phi) is 6.99. The topological polar surface area (TPSA) is 92.3 Å². The number of thiazole rings is 1. The summed E-state index contributed by atoms with van der Waals surface area (Å²) in [4.78, 5) is 22.2. The molecule has 5 rings (SSSR count). The number of benzene rings is 2. The normalized spacial score (nSPS) is 19.1. The molecular weight excluding hydrogens is 524 g/mol. The first-order valence-electron chi connectivity index (χ1n) is 11.7. The molecule has 1 atom stereocenters. The fourth-order valence-corrected chi connectivity index (χ4v) is 7.69. The van der Waals surface area contributed by atoms with Crippen LogP contribution in [-0.2, 0) is 14.8 Å². The van der Waals surface area contributed by atoms with Crippen LogP contribution < -0.4 is 14.4 Å². The van der Waals surface area contributed by atoms with Crippen molar-refractivity contribution >= 4 is 54.2 Å². The van der Waals surface area contributed by atoms with Gasteiger partial charge in [-0.3, -0.25) is 4.79 Å². The maximum atomic E-state index is 13.4. The van der Waals surface area contributed by atoms with Gasteiger partial charge in [0.1, 0.15) is 23.1 Å². The molecule has 1 unspecified atom stereocenters. The molecule has 9 nitrogen and oxygen atoms in total. The molecule has 0 aliphatic carbocycles. The first kappa shape index (κ1) is 25.1. The molecule has 36 heavy (non-hydrogen) atoms. The molecule has 1 aromatic heterocycles. The van der Waals surface area contributed by atoms with Gasteiger partial charge in [0, 0.05) is 32.7 Å². The number of hydrogen-bond donors (Lipinski definition) is 0. The molecule has 0 N–H and O–H groups in total. The van der Waals surface area contributed by atoms with E-state index in [0.717, 1.165) is 15.3 Å². The number of carbonyl (C=O) groups is 1. The highest BCUT2D eigenvalue weighted by atomic mass is 35.5. The van der Waals surface area contributed by atoms with Gasteiger partial charge in [-0.2, -0.15) is 4.31 Å². The van der Waals surface area contributed by atoms with Gasteiger partial charge >= 0.3 is 0 Å². The van der Waals surface area contributed by atoms with Crippen molar-refractivity contribution in [2.24, 2.45) is 0 Å². The van der Waals surface area contributed by atoms with E-state index in [1.165, 1.54) is 34.9 Å². The number of halogens is 1. The Balaban J connectivity index is 1.28. The zero-order valence-electron chi connectivity index (χ0n) is 20.0. The summed E-state index contributed by atoms with van der Waals surface area (Å²) in [7, 11) is -0.655. The molecule has 2 aromatic carbocycles. The van der Waals surface area contributed by atoms with Gasteiger partial charge in [0.2, 0.25) is 15.9 Å². The first-order chi connectivity index (χ1) is 17.3. The van der Waals surface area contributed by atoms with Crippen LogP contribution in [0.15, 0.2) is 41.3 Å². The molecule has 0 bridgehead atoms. The van der Waals surface area contributed by atoms with Crippen molar-refractivity contribution in [1.29, 1.82) is 0 Å². The molecule has 0 radical (unpaired) electrons. The molecule has 192 valence electrons. The van der Waals surface area contributed by atoms with E-state index >= 15 is 0 Å². The second-order valence-electron chi connectivity index (χ2n) is 8.69. The molecule has 2 fully saturated rings. The van der Waals surface area contributed by atoms with Crippen molar-refractivity contribution in [3.63, 3.8) is 0 Å². The van der Waals surface area contributed by atoms with Crippen LogP contribution in [-0.4, -0.2) is 81.5 Å². The zero-order valence-corrected chi connectivity index (χ0v) is 22.4. The average molecular weight is 551 g/mol. The van der Waals surface area contributed by atoms with Gasteiger partial charge in [-0.05, 0) is 49.2 Å². The number of amides is 1. The van der Waals surface area contributed by atoms with Crippen molar-refractivity contribution < 1.29 is 22.7 Å². The predicted octanol–water partition coefficient (Wildman–Crippen LogP) is 3.47. The third-order valence-electron chi connectivity index (χ3n) is 6.68. The fraction of sp³-hybridized carbons (Fsp3) is 0.417. The molecule has 0 saturated carbocycles. The summed E-state index contributed by atoms with van der Waals surface area (Å²) in [5.41, 5.74) is 0.730. The summed E-state index contributed by atoms with van der Waals surface area (Å²) in [5.74, 6) is 1.11. The lowest BCUT2D eigenvalue weighted by Gasteiger charge is -2.37. The lowest BCUT2D eigenvalue weighted by atomic mass is 10.2. The molecule has 1 amide bonds. The third-order valence-corrected chi connectivity index (χ3v) is 10.2. The molecule has 3 aromatic rings. The standard InChI is InChI=1S/C24H27ClN4O5S2/c1-33-16-5-7-17(8-6-16)36(31,32)29-11-3-4-19(29)23(30)27-12-14-28(15-13-27)24-26-21-20(34-2)10-9-18(25)22(21)35-24/h5-10,19H,3-4,11-15H2,1-2H3. The van der Waals surface area contributed by atoms with Crippen molar-refractivity contribution in [2.75, 3.05) is 51.8 Å². The van der Waals surface area contributed by atoms with Gasteiger partial charge in [0.25, 0.3) is 0 Å². The van der Waals surface area contributed by atoms with E-state index in [-0.39, 0.29) is 10.8 Å². The highest BCUT2D eigenvalue weighted by Crippen LogP contribution is 2.39. The minimum atomic E-state index is -3.79. The molecule has 2 saturated heterocycles. The maximum Gasteiger partial charge on any atom is 0.243 e. The number of aromatic nitrogens is 1. The van der Waals surface area contributed by atoms with Gasteiger partial charge in [-0.1, -0.05) is 22.9 Å². The Labute approximate surface area is 219 Å². The second kappa shape index (κ2) is 10.0. The number of hydrogen-bond acceptors (Lipinski definition) is 8. The number of carbonyl (C=O) groups excluding carboxylic acids is 1. The Bertz CT molecular complexity index is 1370. The third kappa shape index (κ3) is 4.49. The van der Waals surface area contributed by atoms with Gasteiger partial charge in [0.15, 0.2) is 5.13 Å². The number of ether oxygens (including phenoxy) is 2. The van der Waals surface area contributed by atoms with E-state index in [1.807, 2.05) is 0 Å². The average Bonchev–Trinajstić information content (AvgIpc) is 3.58. The van der Waals surface area contributed by atoms with Crippen LogP contribution in [0.25, 0.3) is 10.2 Å². The minimum absolute atomic E-state index is 0.141. The first-order valence-corrected chi connectivity index (χ1v) is 14.3. The summed E-state index contributed by atoms with van der Waals surface area (Å²) in [6.45, 7) is 2.52. The Hall–Kier alpha value is -2.60. The number of nitrogens with zero attached hydrogens (tertiary/aromatic N) is 4. The van der Waals surface area contributed by atoms with Crippen LogP contribution in [0.2, 0.25) is 5.02 Å². The highest BCUT2D eigenvalue weighted by molar-refractivity contribution is 7.89. The number of anilines is 1. The summed E-state index contributed by atoms with van der Waals surface area (Å²) >= 11 is 7.87. The number of sulfonamides is 1. The van der Waals surface area contributed by atoms with Gasteiger partial charge in [-0.15, -0.1) is 0 Å². The fourth-order valence-electron chi connectivity index (χ4n) is 4.73. The highest BCUT2D eigenvalue weighted by Gasteiger charge is 2.41. The van der Waals surface area contributed by atoms with Crippen molar-refractivity contribution in [3.8, 4) is 11.5 Å². The summed E-state index contributed by atoms with van der Waals surface area (Å²) in [6, 6.07) is 9.19. The zero-order chi connectivity index (χ0) is 25.4. The van der Waals surface area contributed by atoms with Gasteiger partial charge in [0.05, 0.1) is 28.8 Å². The number of methoxy groups -OCH3 is 2. The molecule has 2 aliphatic rings. The van der Waals surface area contributed by atoms with E-state index < -0.39 is 16.1 Å². The summed E-state index contributed by atoms with van der Waals surface area (Å²) in [6.07, 6.45) is 1.17. The Morgan fingerprint density at radius 1 is 1.03 bits per heavy atom. The van der Waals surface area contributed by atoms with E-state index in [2.05, 4.69) is 4.90 Å². The van der Waals surface area contributed by atoms with Crippen LogP contribution in [0.5, 0.6) is 11.5 Å². The largest absolute Gasteiger partial charge is 0.497 e. The number of piperazine rings is 1. The van der Waals surface area contributed by atoms with Gasteiger partial charge in [-0.25, -0.2) is 13.4 Å². The van der Waals surface area contributed by atoms with E-state index in [9.17, 15) is 13.2 Å². The van der Waals surface area contributed by atoms with Crippen LogP contribution in [0.3, 0.4) is 0 Å². The monoisotopic (exact) mass is 550 g/mol. The quantitative estimate of drug-likeness (QED) is 0.464. The summed E-state index contributed by atoms with van der Waals surface area (Å²) in [5, 5.41) is 1.45. The van der Waals surface area contributed by atoms with Crippen molar-refractivity contribution in [2.45, 2.75) is 23.8 Å². The molecule has 0 spiro atoms. The number of rotatable bonds is 6. The molecule has 12 heteroatoms. The lowest BCUT2D eigenvalue weighted by Crippen LogP contribution is -2.54. The van der Waals surface area contributed by atoms with E-state index in [1.54, 1.807) is 36.3 Å². The Morgan fingerprint density at radius 2 is 1.75 bits per heavy atom. The van der Waals surface area contributed by atoms with Gasteiger partial charge < -0.3 is 19.3 Å². The van der Waals surface area contributed by atoms with E-state index in [0.29, 0.717) is 62.1 Å². The maximum absolute atomic E-state index is 13.4. The predicted molar refractivity (Wildman–Crippen MR) is 140 cm³/mol. The van der Waals surface area contributed by atoms with Crippen LogP contribution in [0.1, 0.15) is 12.8 Å². The van der Waals surface area contributed by atoms with Crippen molar-refractivity contribution in [3.05, 3.63) is 41.4 Å². The number of fused-ring (bicyclic) bond motifs is 1. The van der Waals surface area contributed by atoms with Crippen LogP contribution in [0, 0.1) is 0 Å². The molecular formula is C24H27ClN4O5S2. The lowest BCUT2D eigenvalue weighted by molar-refractivity contribution is -0.134. The van der Waals surface area contributed by atoms with Crippen LogP contribution >= 0.6 is 22.9 Å². The Morgan fingerprint density at radius 3 is 2.42 bits per heavy atom. The second-order valence-corrected chi connectivity index (χ2v) is 12.0.